The molecule has 42 heavy (non-hydrogen) atoms. The van der Waals surface area contributed by atoms with Crippen molar-refractivity contribution in [2.24, 2.45) is 5.92 Å². The van der Waals surface area contributed by atoms with Crippen LogP contribution in [0.25, 0.3) is 0 Å². The van der Waals surface area contributed by atoms with Gasteiger partial charge in [0.1, 0.15) is 10.3 Å². The van der Waals surface area contributed by atoms with Crippen LogP contribution in [0.5, 0.6) is 17.2 Å². The summed E-state index contributed by atoms with van der Waals surface area (Å²) in [6.07, 6.45) is -0.648. The van der Waals surface area contributed by atoms with E-state index < -0.39 is 34.1 Å². The smallest absolute Gasteiger partial charge is 0.321 e. The van der Waals surface area contributed by atoms with Crippen LogP contribution < -0.4 is 24.2 Å². The number of carbonyl (C=O) groups is 2. The highest BCUT2D eigenvalue weighted by Gasteiger charge is 2.35. The van der Waals surface area contributed by atoms with Crippen LogP contribution in [0.1, 0.15) is 24.2 Å². The van der Waals surface area contributed by atoms with Gasteiger partial charge >= 0.3 is 6.03 Å². The van der Waals surface area contributed by atoms with E-state index in [1.54, 1.807) is 60.6 Å². The molecule has 12 nitrogen and oxygen atoms in total. The van der Waals surface area contributed by atoms with Gasteiger partial charge < -0.3 is 34.4 Å². The maximum atomic E-state index is 13.7. The third kappa shape index (κ3) is 6.10. The lowest BCUT2D eigenvalue weighted by Gasteiger charge is -2.38. The number of fused-ring (bicyclic) bond motifs is 2. The van der Waals surface area contributed by atoms with E-state index in [9.17, 15) is 23.1 Å². The molecule has 3 heterocycles. The van der Waals surface area contributed by atoms with Gasteiger partial charge in [-0.1, -0.05) is 19.1 Å². The molecule has 2 aliphatic rings. The molecule has 0 aliphatic carbocycles. The molecule has 3 N–H and O–H groups in total. The molecule has 0 bridgehead atoms. The van der Waals surface area contributed by atoms with Crippen LogP contribution in [0.2, 0.25) is 0 Å². The molecule has 0 radical (unpaired) electrons. The van der Waals surface area contributed by atoms with Crippen molar-refractivity contribution >= 4 is 44.7 Å². The van der Waals surface area contributed by atoms with Crippen molar-refractivity contribution in [1.82, 2.24) is 9.80 Å². The summed E-state index contributed by atoms with van der Waals surface area (Å²) in [7, 11) is -2.34. The lowest BCUT2D eigenvalue weighted by atomic mass is 9.99. The van der Waals surface area contributed by atoms with E-state index in [-0.39, 0.29) is 53.6 Å². The number of ether oxygens (including phenoxy) is 3. The van der Waals surface area contributed by atoms with Crippen LogP contribution >= 0.6 is 11.3 Å². The van der Waals surface area contributed by atoms with Gasteiger partial charge in [0.2, 0.25) is 6.79 Å². The van der Waals surface area contributed by atoms with Crippen molar-refractivity contribution in [3.63, 3.8) is 0 Å². The van der Waals surface area contributed by atoms with Crippen molar-refractivity contribution in [3.8, 4) is 17.2 Å². The fourth-order valence-electron chi connectivity index (χ4n) is 4.70. The first kappa shape index (κ1) is 29.5. The minimum atomic E-state index is -3.95. The van der Waals surface area contributed by atoms with Crippen molar-refractivity contribution in [2.75, 3.05) is 43.6 Å². The van der Waals surface area contributed by atoms with Gasteiger partial charge in [-0.3, -0.25) is 9.52 Å². The summed E-state index contributed by atoms with van der Waals surface area (Å²) in [4.78, 5) is 29.8. The average Bonchev–Trinajstić information content (AvgIpc) is 3.67. The fraction of sp³-hybridized carbons (Fsp3) is 0.357. The van der Waals surface area contributed by atoms with E-state index >= 15 is 0 Å². The zero-order chi connectivity index (χ0) is 30.0. The van der Waals surface area contributed by atoms with Crippen LogP contribution in [0, 0.1) is 5.92 Å². The summed E-state index contributed by atoms with van der Waals surface area (Å²) in [6.45, 7) is 3.82. The number of aliphatic hydroxyl groups excluding tert-OH is 1. The first-order chi connectivity index (χ1) is 20.1. The molecule has 5 rings (SSSR count). The summed E-state index contributed by atoms with van der Waals surface area (Å²) in [6, 6.07) is 11.9. The largest absolute Gasteiger partial charge is 0.485 e. The molecule has 3 aromatic rings. The van der Waals surface area contributed by atoms with Gasteiger partial charge in [-0.2, -0.15) is 0 Å². The zero-order valence-corrected chi connectivity index (χ0v) is 24.9. The van der Waals surface area contributed by atoms with E-state index in [0.717, 1.165) is 11.3 Å². The number of hydrogen-bond donors (Lipinski definition) is 3. The Hall–Kier alpha value is -4.01. The third-order valence-electron chi connectivity index (χ3n) is 7.12. The second-order valence-electron chi connectivity index (χ2n) is 10.2. The predicted octanol–water partition coefficient (Wildman–Crippen LogP) is 3.66. The Bertz CT molecular complexity index is 1560. The number of aliphatic hydroxyl groups is 1. The Kier molecular flexibility index (Phi) is 8.48. The van der Waals surface area contributed by atoms with E-state index in [4.69, 9.17) is 14.2 Å². The molecule has 0 spiro atoms. The van der Waals surface area contributed by atoms with Crippen molar-refractivity contribution in [2.45, 2.75) is 30.2 Å². The van der Waals surface area contributed by atoms with Crippen molar-refractivity contribution in [1.29, 1.82) is 0 Å². The first-order valence-corrected chi connectivity index (χ1v) is 15.6. The van der Waals surface area contributed by atoms with Gasteiger partial charge in [-0.25, -0.2) is 13.2 Å². The Balaban J connectivity index is 1.43. The van der Waals surface area contributed by atoms with Gasteiger partial charge in [0, 0.05) is 31.3 Å². The van der Waals surface area contributed by atoms with Crippen molar-refractivity contribution in [3.05, 3.63) is 59.5 Å². The number of rotatable bonds is 8. The number of likely N-dealkylation sites (N-methyl/N-ethyl adjacent to an activating group) is 1. The lowest BCUT2D eigenvalue weighted by Crippen LogP contribution is -2.50. The predicted molar refractivity (Wildman–Crippen MR) is 157 cm³/mol. The zero-order valence-electron chi connectivity index (χ0n) is 23.3. The maximum Gasteiger partial charge on any atom is 0.321 e. The number of urea groups is 1. The van der Waals surface area contributed by atoms with Gasteiger partial charge in [0.05, 0.1) is 30.4 Å². The van der Waals surface area contributed by atoms with Crippen LogP contribution in [0.15, 0.2) is 58.1 Å². The van der Waals surface area contributed by atoms with Crippen LogP contribution in [-0.2, 0) is 10.0 Å². The maximum absolute atomic E-state index is 13.7. The summed E-state index contributed by atoms with van der Waals surface area (Å²) in [5.41, 5.74) is 0.760. The minimum absolute atomic E-state index is 0.0545. The number of amides is 3. The first-order valence-electron chi connectivity index (χ1n) is 13.3. The van der Waals surface area contributed by atoms with Gasteiger partial charge in [-0.15, -0.1) is 11.3 Å². The topological polar surface area (TPSA) is 147 Å². The van der Waals surface area contributed by atoms with E-state index in [2.05, 4.69) is 10.0 Å². The average molecular weight is 617 g/mol. The molecule has 224 valence electrons. The minimum Gasteiger partial charge on any atom is -0.485 e. The molecule has 3 amide bonds. The molecule has 0 unspecified atom stereocenters. The molecule has 2 aliphatic heterocycles. The molecule has 14 heteroatoms. The number of sulfonamides is 1. The number of benzene rings is 2. The quantitative estimate of drug-likeness (QED) is 0.348. The number of nitrogens with one attached hydrogen (secondary N) is 2. The summed E-state index contributed by atoms with van der Waals surface area (Å²) < 4.78 is 46.0. The fourth-order valence-corrected chi connectivity index (χ4v) is 6.75. The monoisotopic (exact) mass is 616 g/mol. The van der Waals surface area contributed by atoms with Gasteiger partial charge in [-0.05, 0) is 42.6 Å². The summed E-state index contributed by atoms with van der Waals surface area (Å²) in [5, 5.41) is 14.4. The van der Waals surface area contributed by atoms with Gasteiger partial charge in [0.25, 0.3) is 15.9 Å². The normalized spacial score (nSPS) is 18.8. The lowest BCUT2D eigenvalue weighted by molar-refractivity contribution is 0.0373. The number of nitrogens with zero attached hydrogens (tertiary/aromatic N) is 2. The molecule has 3 atom stereocenters. The molecule has 1 aromatic heterocycles. The number of carbonyl (C=O) groups excluding carboxylic acids is 2. The second kappa shape index (κ2) is 12.1. The molecular formula is C28H32N4O8S2. The van der Waals surface area contributed by atoms with Crippen LogP contribution in [0.3, 0.4) is 0 Å². The van der Waals surface area contributed by atoms with Crippen molar-refractivity contribution < 1.29 is 37.3 Å². The van der Waals surface area contributed by atoms with E-state index in [0.29, 0.717) is 17.2 Å². The standard InChI is InChI=1S/C28H32N4O8S2/c1-17-13-32(18(2)15-33)27(34)20-6-4-7-21(30-42(36,37)25-8-5-11-41-25)26(20)40-24(17)14-31(3)28(35)29-19-9-10-22-23(12-19)39-16-38-22/h4-12,17-18,24,30,33H,13-16H2,1-3H3,(H,29,35)/t17-,18-,24+/m0/s1. The Labute approximate surface area is 247 Å². The van der Waals surface area contributed by atoms with Gasteiger partial charge in [0.15, 0.2) is 17.2 Å². The molecular weight excluding hydrogens is 584 g/mol. The highest BCUT2D eigenvalue weighted by molar-refractivity contribution is 7.94. The number of hydrogen-bond acceptors (Lipinski definition) is 9. The molecule has 2 aromatic carbocycles. The third-order valence-corrected chi connectivity index (χ3v) is 9.88. The highest BCUT2D eigenvalue weighted by Crippen LogP contribution is 2.37. The Morgan fingerprint density at radius 1 is 1.19 bits per heavy atom. The van der Waals surface area contributed by atoms with Crippen LogP contribution in [-0.4, -0.2) is 80.9 Å². The van der Waals surface area contributed by atoms with E-state index in [1.807, 2.05) is 6.92 Å². The molecule has 0 saturated carbocycles. The number of anilines is 2. The molecule has 0 saturated heterocycles. The summed E-state index contributed by atoms with van der Waals surface area (Å²) >= 11 is 1.06. The molecule has 0 fully saturated rings. The number of para-hydroxylation sites is 1. The van der Waals surface area contributed by atoms with Crippen LogP contribution in [0.4, 0.5) is 16.2 Å². The highest BCUT2D eigenvalue weighted by atomic mass is 32.2. The Morgan fingerprint density at radius 2 is 1.98 bits per heavy atom. The number of thiophene rings is 1. The SMILES string of the molecule is C[C@H]1CN([C@@H](C)CO)C(=O)c2cccc(NS(=O)(=O)c3cccs3)c2O[C@@H]1CN(C)C(=O)Nc1ccc2c(c1)OCO2. The summed E-state index contributed by atoms with van der Waals surface area (Å²) in [5.74, 6) is 0.475. The second-order valence-corrected chi connectivity index (χ2v) is 13.1. The Morgan fingerprint density at radius 3 is 2.71 bits per heavy atom. The van der Waals surface area contributed by atoms with E-state index in [1.165, 1.54) is 17.0 Å².